The number of tetrazole rings is 1. The zero-order valence-corrected chi connectivity index (χ0v) is 20.3. The van der Waals surface area contributed by atoms with Crippen molar-refractivity contribution in [3.63, 3.8) is 0 Å². The topological polar surface area (TPSA) is 92.9 Å². The second kappa shape index (κ2) is 9.77. The van der Waals surface area contributed by atoms with Crippen LogP contribution in [0, 0.1) is 0 Å². The fourth-order valence-corrected chi connectivity index (χ4v) is 4.37. The molecule has 1 aliphatic rings. The Morgan fingerprint density at radius 2 is 1.70 bits per heavy atom. The van der Waals surface area contributed by atoms with Crippen LogP contribution >= 0.6 is 11.6 Å². The van der Waals surface area contributed by atoms with Crippen LogP contribution in [-0.4, -0.2) is 67.2 Å². The molecule has 0 unspecified atom stereocenters. The fraction of sp³-hybridized carbons (Fsp3) is 0.250. The van der Waals surface area contributed by atoms with E-state index in [1.807, 2.05) is 17.0 Å². The first-order valence-corrected chi connectivity index (χ1v) is 11.7. The summed E-state index contributed by atoms with van der Waals surface area (Å²) in [6.45, 7) is 1.93. The number of piperazine rings is 1. The molecule has 1 aromatic carbocycles. The number of pyridine rings is 2. The summed E-state index contributed by atoms with van der Waals surface area (Å²) >= 11 is 6.43. The maximum absolute atomic E-state index is 13.1. The second-order valence-corrected chi connectivity index (χ2v) is 8.81. The number of aromatic nitrogens is 6. The van der Waals surface area contributed by atoms with Crippen molar-refractivity contribution in [3.8, 4) is 22.4 Å². The van der Waals surface area contributed by atoms with Gasteiger partial charge in [0.1, 0.15) is 5.82 Å². The zero-order chi connectivity index (χ0) is 26.2. The lowest BCUT2D eigenvalue weighted by Crippen LogP contribution is -2.49. The Hall–Kier alpha value is -4.06. The largest absolute Gasteiger partial charge is 0.416 e. The molecule has 4 heterocycles. The third-order valence-corrected chi connectivity index (χ3v) is 6.43. The highest BCUT2D eigenvalue weighted by atomic mass is 35.5. The van der Waals surface area contributed by atoms with Crippen LogP contribution in [0.25, 0.3) is 22.4 Å². The van der Waals surface area contributed by atoms with E-state index >= 15 is 0 Å². The molecule has 37 heavy (non-hydrogen) atoms. The predicted molar refractivity (Wildman–Crippen MR) is 130 cm³/mol. The molecule has 5 rings (SSSR count). The third-order valence-electron chi connectivity index (χ3n) is 6.13. The van der Waals surface area contributed by atoms with Crippen LogP contribution in [0.1, 0.15) is 16.2 Å². The van der Waals surface area contributed by atoms with Crippen molar-refractivity contribution in [2.45, 2.75) is 6.18 Å². The van der Waals surface area contributed by atoms with Gasteiger partial charge in [-0.2, -0.15) is 13.2 Å². The Bertz CT molecular complexity index is 1430. The summed E-state index contributed by atoms with van der Waals surface area (Å²) in [6, 6.07) is 10.3. The van der Waals surface area contributed by atoms with Gasteiger partial charge in [-0.1, -0.05) is 23.7 Å². The first-order valence-electron chi connectivity index (χ1n) is 11.3. The van der Waals surface area contributed by atoms with Gasteiger partial charge in [-0.25, -0.2) is 9.67 Å². The summed E-state index contributed by atoms with van der Waals surface area (Å²) in [5.74, 6) is 0.579. The molecule has 9 nitrogen and oxygen atoms in total. The van der Waals surface area contributed by atoms with Gasteiger partial charge in [0, 0.05) is 56.7 Å². The van der Waals surface area contributed by atoms with Crippen molar-refractivity contribution in [1.29, 1.82) is 0 Å². The lowest BCUT2D eigenvalue weighted by molar-refractivity contribution is -0.137. The van der Waals surface area contributed by atoms with Crippen LogP contribution in [0.2, 0.25) is 5.02 Å². The number of hydrogen-bond acceptors (Lipinski definition) is 7. The molecule has 0 bridgehead atoms. The Kier molecular flexibility index (Phi) is 6.50. The van der Waals surface area contributed by atoms with Crippen molar-refractivity contribution >= 4 is 23.3 Å². The average molecular weight is 529 g/mol. The first-order chi connectivity index (χ1) is 17.7. The van der Waals surface area contributed by atoms with Crippen LogP contribution in [0.4, 0.5) is 19.0 Å². The Labute approximate surface area is 214 Å². The highest BCUT2D eigenvalue weighted by Gasteiger charge is 2.30. The van der Waals surface area contributed by atoms with E-state index in [9.17, 15) is 18.0 Å². The number of carbonyl (C=O) groups excluding carboxylic acids is 1. The predicted octanol–water partition coefficient (Wildman–Crippen LogP) is 3.97. The summed E-state index contributed by atoms with van der Waals surface area (Å²) in [5.41, 5.74) is 1.61. The molecule has 1 amide bonds. The molecule has 0 N–H and O–H groups in total. The number of halogens is 4. The van der Waals surface area contributed by atoms with Gasteiger partial charge in [-0.05, 0) is 46.3 Å². The van der Waals surface area contributed by atoms with Crippen molar-refractivity contribution < 1.29 is 18.0 Å². The van der Waals surface area contributed by atoms with Crippen LogP contribution in [0.3, 0.4) is 0 Å². The van der Waals surface area contributed by atoms with Gasteiger partial charge in [0.2, 0.25) is 5.82 Å². The molecule has 1 saturated heterocycles. The molecule has 0 radical (unpaired) electrons. The Morgan fingerprint density at radius 1 is 0.973 bits per heavy atom. The van der Waals surface area contributed by atoms with Crippen molar-refractivity contribution in [3.05, 3.63) is 71.3 Å². The smallest absolute Gasteiger partial charge is 0.353 e. The summed E-state index contributed by atoms with van der Waals surface area (Å²) in [5, 5.41) is 11.4. The van der Waals surface area contributed by atoms with Crippen LogP contribution in [0.5, 0.6) is 0 Å². The highest BCUT2D eigenvalue weighted by molar-refractivity contribution is 6.33. The molecule has 1 fully saturated rings. The standard InChI is InChI=1S/C24H20ClF3N8O/c1-34-22(31-32-33-34)23(37)36-12-10-35(11-13-36)20-7-6-17(15-2-4-16(5-3-15)24(26,27)28)21(30-20)18-8-9-29-14-19(18)25/h2-9,14H,10-13H2,1H3. The van der Waals surface area contributed by atoms with E-state index in [0.29, 0.717) is 59.4 Å². The summed E-state index contributed by atoms with van der Waals surface area (Å²) in [6.07, 6.45) is -1.35. The van der Waals surface area contributed by atoms with E-state index in [1.54, 1.807) is 24.2 Å². The lowest BCUT2D eigenvalue weighted by Gasteiger charge is -2.35. The molecule has 190 valence electrons. The molecule has 0 spiro atoms. The zero-order valence-electron chi connectivity index (χ0n) is 19.5. The van der Waals surface area contributed by atoms with Gasteiger partial charge >= 0.3 is 6.18 Å². The number of nitrogens with zero attached hydrogens (tertiary/aromatic N) is 8. The number of anilines is 1. The molecule has 4 aromatic rings. The maximum Gasteiger partial charge on any atom is 0.416 e. The number of rotatable bonds is 4. The van der Waals surface area contributed by atoms with Gasteiger partial charge in [-0.3, -0.25) is 9.78 Å². The molecular weight excluding hydrogens is 509 g/mol. The first kappa shape index (κ1) is 24.6. The fourth-order valence-electron chi connectivity index (χ4n) is 4.16. The minimum atomic E-state index is -4.43. The van der Waals surface area contributed by atoms with E-state index in [0.717, 1.165) is 12.1 Å². The molecule has 1 aliphatic heterocycles. The highest BCUT2D eigenvalue weighted by Crippen LogP contribution is 2.37. The number of carbonyl (C=O) groups is 1. The number of alkyl halides is 3. The molecule has 0 atom stereocenters. The monoisotopic (exact) mass is 528 g/mol. The molecule has 0 aliphatic carbocycles. The summed E-state index contributed by atoms with van der Waals surface area (Å²) in [4.78, 5) is 25.3. The van der Waals surface area contributed by atoms with E-state index in [4.69, 9.17) is 16.6 Å². The summed E-state index contributed by atoms with van der Waals surface area (Å²) in [7, 11) is 1.61. The molecule has 0 saturated carbocycles. The van der Waals surface area contributed by atoms with Gasteiger partial charge < -0.3 is 9.80 Å². The van der Waals surface area contributed by atoms with Crippen molar-refractivity contribution in [2.24, 2.45) is 7.05 Å². The van der Waals surface area contributed by atoms with Crippen molar-refractivity contribution in [2.75, 3.05) is 31.1 Å². The molecular formula is C24H20ClF3N8O. The number of hydrogen-bond donors (Lipinski definition) is 0. The van der Waals surface area contributed by atoms with Crippen LogP contribution in [0.15, 0.2) is 54.9 Å². The van der Waals surface area contributed by atoms with Crippen LogP contribution in [-0.2, 0) is 13.2 Å². The second-order valence-electron chi connectivity index (χ2n) is 8.40. The van der Waals surface area contributed by atoms with Gasteiger partial charge in [-0.15, -0.1) is 5.10 Å². The minimum absolute atomic E-state index is 0.169. The van der Waals surface area contributed by atoms with E-state index in [-0.39, 0.29) is 11.7 Å². The van der Waals surface area contributed by atoms with Gasteiger partial charge in [0.15, 0.2) is 0 Å². The quantitative estimate of drug-likeness (QED) is 0.396. The molecule has 13 heteroatoms. The molecule has 3 aromatic heterocycles. The van der Waals surface area contributed by atoms with Gasteiger partial charge in [0.25, 0.3) is 5.91 Å². The Morgan fingerprint density at radius 3 is 2.32 bits per heavy atom. The maximum atomic E-state index is 13.1. The minimum Gasteiger partial charge on any atom is -0.353 e. The van der Waals surface area contributed by atoms with E-state index < -0.39 is 11.7 Å². The van der Waals surface area contributed by atoms with Crippen LogP contribution < -0.4 is 4.90 Å². The SMILES string of the molecule is Cn1nnnc1C(=O)N1CCN(c2ccc(-c3ccc(C(F)(F)F)cc3)c(-c3ccncc3Cl)n2)CC1. The number of amides is 1. The van der Waals surface area contributed by atoms with Crippen molar-refractivity contribution in [1.82, 2.24) is 35.1 Å². The third kappa shape index (κ3) is 4.96. The average Bonchev–Trinajstić information content (AvgIpc) is 3.33. The lowest BCUT2D eigenvalue weighted by atomic mass is 9.98. The van der Waals surface area contributed by atoms with Gasteiger partial charge in [0.05, 0.1) is 16.3 Å². The Balaban J connectivity index is 1.44. The van der Waals surface area contributed by atoms with E-state index in [1.165, 1.54) is 23.0 Å². The normalized spacial score (nSPS) is 14.2. The van der Waals surface area contributed by atoms with E-state index in [2.05, 4.69) is 20.5 Å². The number of aryl methyl sites for hydroxylation is 1. The summed E-state index contributed by atoms with van der Waals surface area (Å²) < 4.78 is 40.6. The number of benzene rings is 1.